The largest absolute Gasteiger partial charge is 0.495 e. The maximum atomic E-state index is 12.4. The highest BCUT2D eigenvalue weighted by Gasteiger charge is 2.17. The zero-order valence-corrected chi connectivity index (χ0v) is 16.0. The maximum absolute atomic E-state index is 12.4. The van der Waals surface area contributed by atoms with Crippen LogP contribution in [0.25, 0.3) is 0 Å². The first-order valence-electron chi connectivity index (χ1n) is 8.78. The Morgan fingerprint density at radius 2 is 1.67 bits per heavy atom. The van der Waals surface area contributed by atoms with Crippen molar-refractivity contribution in [2.45, 2.75) is 26.9 Å². The lowest BCUT2D eigenvalue weighted by molar-refractivity contribution is -0.152. The lowest BCUT2D eigenvalue weighted by atomic mass is 10.2. The van der Waals surface area contributed by atoms with Crippen LogP contribution >= 0.6 is 0 Å². The van der Waals surface area contributed by atoms with Gasteiger partial charge in [0, 0.05) is 5.56 Å². The number of benzene rings is 2. The van der Waals surface area contributed by atoms with Gasteiger partial charge in [0.2, 0.25) is 0 Å². The van der Waals surface area contributed by atoms with Gasteiger partial charge in [0.25, 0.3) is 5.91 Å². The summed E-state index contributed by atoms with van der Waals surface area (Å²) < 4.78 is 15.9. The molecule has 1 unspecified atom stereocenters. The molecule has 0 aliphatic carbocycles. The third kappa shape index (κ3) is 6.02. The molecule has 0 fully saturated rings. The summed E-state index contributed by atoms with van der Waals surface area (Å²) in [4.78, 5) is 24.3. The van der Waals surface area contributed by atoms with Gasteiger partial charge >= 0.3 is 5.97 Å². The van der Waals surface area contributed by atoms with Crippen LogP contribution in [0.4, 0.5) is 5.69 Å². The number of amides is 1. The summed E-state index contributed by atoms with van der Waals surface area (Å²) in [7, 11) is 1.55. The Morgan fingerprint density at radius 3 is 2.30 bits per heavy atom. The average molecular weight is 371 g/mol. The fourth-order valence-electron chi connectivity index (χ4n) is 2.25. The second-order valence-corrected chi connectivity index (χ2v) is 6.46. The normalized spacial score (nSPS) is 11.6. The molecule has 6 heteroatoms. The van der Waals surface area contributed by atoms with E-state index in [0.29, 0.717) is 29.4 Å². The van der Waals surface area contributed by atoms with E-state index in [4.69, 9.17) is 14.2 Å². The van der Waals surface area contributed by atoms with Crippen LogP contribution in [0.5, 0.6) is 11.5 Å². The summed E-state index contributed by atoms with van der Waals surface area (Å²) in [5.74, 6) is 0.650. The quantitative estimate of drug-likeness (QED) is 0.712. The van der Waals surface area contributed by atoms with Gasteiger partial charge in [-0.05, 0) is 49.2 Å². The molecular formula is C21H25NO5. The molecule has 0 spiro atoms. The van der Waals surface area contributed by atoms with Crippen LogP contribution in [0.3, 0.4) is 0 Å². The molecule has 1 N–H and O–H groups in total. The van der Waals surface area contributed by atoms with Gasteiger partial charge in [-0.3, -0.25) is 4.79 Å². The van der Waals surface area contributed by atoms with E-state index in [2.05, 4.69) is 5.32 Å². The van der Waals surface area contributed by atoms with Crippen molar-refractivity contribution in [3.8, 4) is 11.5 Å². The van der Waals surface area contributed by atoms with E-state index in [0.717, 1.165) is 0 Å². The van der Waals surface area contributed by atoms with Gasteiger partial charge in [0.15, 0.2) is 6.10 Å². The van der Waals surface area contributed by atoms with Crippen LogP contribution in [0.2, 0.25) is 0 Å². The van der Waals surface area contributed by atoms with Crippen LogP contribution in [-0.2, 0) is 9.53 Å². The number of para-hydroxylation sites is 2. The first-order chi connectivity index (χ1) is 12.9. The molecule has 2 aromatic rings. The molecule has 1 amide bonds. The number of nitrogens with one attached hydrogen (secondary N) is 1. The molecule has 0 aromatic heterocycles. The number of carbonyl (C=O) groups is 2. The number of carbonyl (C=O) groups excluding carboxylic acids is 2. The summed E-state index contributed by atoms with van der Waals surface area (Å²) in [6.45, 7) is 5.92. The van der Waals surface area contributed by atoms with Gasteiger partial charge in [-0.1, -0.05) is 26.0 Å². The summed E-state index contributed by atoms with van der Waals surface area (Å²) in [5, 5.41) is 2.80. The first-order valence-corrected chi connectivity index (χ1v) is 8.78. The summed E-state index contributed by atoms with van der Waals surface area (Å²) >= 11 is 0. The fraction of sp³-hybridized carbons (Fsp3) is 0.333. The minimum Gasteiger partial charge on any atom is -0.495 e. The van der Waals surface area contributed by atoms with Crippen molar-refractivity contribution in [2.24, 2.45) is 5.92 Å². The number of ether oxygens (including phenoxy) is 3. The Morgan fingerprint density at radius 1 is 1.00 bits per heavy atom. The Hall–Kier alpha value is -3.02. The van der Waals surface area contributed by atoms with Gasteiger partial charge < -0.3 is 19.5 Å². The molecule has 144 valence electrons. The lowest BCUT2D eigenvalue weighted by Gasteiger charge is -2.15. The molecule has 2 rings (SSSR count). The van der Waals surface area contributed by atoms with Gasteiger partial charge in [-0.25, -0.2) is 4.79 Å². The molecular weight excluding hydrogens is 346 g/mol. The van der Waals surface area contributed by atoms with Crippen molar-refractivity contribution >= 4 is 17.6 Å². The van der Waals surface area contributed by atoms with E-state index in [9.17, 15) is 9.59 Å². The van der Waals surface area contributed by atoms with Crippen LogP contribution in [-0.4, -0.2) is 31.7 Å². The molecule has 27 heavy (non-hydrogen) atoms. The molecule has 2 aromatic carbocycles. The second kappa shape index (κ2) is 9.62. The molecule has 0 aliphatic rings. The highest BCUT2D eigenvalue weighted by Crippen LogP contribution is 2.24. The van der Waals surface area contributed by atoms with Crippen molar-refractivity contribution < 1.29 is 23.8 Å². The predicted octanol–water partition coefficient (Wildman–Crippen LogP) is 3.91. The summed E-state index contributed by atoms with van der Waals surface area (Å²) in [5.41, 5.74) is 1.05. The average Bonchev–Trinajstić information content (AvgIpc) is 2.66. The molecule has 0 bridgehead atoms. The van der Waals surface area contributed by atoms with E-state index < -0.39 is 12.1 Å². The van der Waals surface area contributed by atoms with Crippen LogP contribution < -0.4 is 14.8 Å². The van der Waals surface area contributed by atoms with Crippen molar-refractivity contribution in [2.75, 3.05) is 19.0 Å². The Bertz CT molecular complexity index is 770. The van der Waals surface area contributed by atoms with E-state index in [1.54, 1.807) is 50.4 Å². The van der Waals surface area contributed by atoms with E-state index in [1.165, 1.54) is 0 Å². The van der Waals surface area contributed by atoms with Gasteiger partial charge in [-0.15, -0.1) is 0 Å². The van der Waals surface area contributed by atoms with E-state index in [-0.39, 0.29) is 11.8 Å². The summed E-state index contributed by atoms with van der Waals surface area (Å²) in [6, 6.07) is 13.7. The number of hydrogen-bond acceptors (Lipinski definition) is 5. The fourth-order valence-corrected chi connectivity index (χ4v) is 2.25. The number of hydrogen-bond donors (Lipinski definition) is 1. The SMILES string of the molecule is COc1ccccc1NC(=O)c1ccc(OC(C)C(=O)OCC(C)C)cc1. The highest BCUT2D eigenvalue weighted by atomic mass is 16.6. The van der Waals surface area contributed by atoms with Gasteiger partial charge in [-0.2, -0.15) is 0 Å². The molecule has 1 atom stereocenters. The topological polar surface area (TPSA) is 73.9 Å². The zero-order valence-electron chi connectivity index (χ0n) is 16.0. The highest BCUT2D eigenvalue weighted by molar-refractivity contribution is 6.05. The molecule has 0 aliphatic heterocycles. The number of methoxy groups -OCH3 is 1. The molecule has 0 saturated heterocycles. The lowest BCUT2D eigenvalue weighted by Crippen LogP contribution is -2.27. The monoisotopic (exact) mass is 371 g/mol. The first kappa shape index (κ1) is 20.3. The minimum atomic E-state index is -0.725. The molecule has 6 nitrogen and oxygen atoms in total. The van der Waals surface area contributed by atoms with E-state index in [1.807, 2.05) is 26.0 Å². The van der Waals surface area contributed by atoms with Crippen molar-refractivity contribution in [3.05, 3.63) is 54.1 Å². The molecule has 0 saturated carbocycles. The number of rotatable bonds is 8. The zero-order chi connectivity index (χ0) is 19.8. The molecule has 0 heterocycles. The third-order valence-corrected chi connectivity index (χ3v) is 3.68. The van der Waals surface area contributed by atoms with Crippen LogP contribution in [0, 0.1) is 5.92 Å². The Balaban J connectivity index is 1.96. The van der Waals surface area contributed by atoms with Crippen molar-refractivity contribution in [1.82, 2.24) is 0 Å². The van der Waals surface area contributed by atoms with Gasteiger partial charge in [0.1, 0.15) is 11.5 Å². The second-order valence-electron chi connectivity index (χ2n) is 6.46. The van der Waals surface area contributed by atoms with Crippen LogP contribution in [0.1, 0.15) is 31.1 Å². The van der Waals surface area contributed by atoms with E-state index >= 15 is 0 Å². The predicted molar refractivity (Wildman–Crippen MR) is 103 cm³/mol. The Labute approximate surface area is 159 Å². The molecule has 0 radical (unpaired) electrons. The smallest absolute Gasteiger partial charge is 0.347 e. The van der Waals surface area contributed by atoms with Gasteiger partial charge in [0.05, 0.1) is 19.4 Å². The van der Waals surface area contributed by atoms with Crippen molar-refractivity contribution in [3.63, 3.8) is 0 Å². The minimum absolute atomic E-state index is 0.266. The van der Waals surface area contributed by atoms with Crippen molar-refractivity contribution in [1.29, 1.82) is 0 Å². The summed E-state index contributed by atoms with van der Waals surface area (Å²) in [6.07, 6.45) is -0.725. The Kier molecular flexibility index (Phi) is 7.23. The maximum Gasteiger partial charge on any atom is 0.347 e. The third-order valence-electron chi connectivity index (χ3n) is 3.68. The van der Waals surface area contributed by atoms with Crippen LogP contribution in [0.15, 0.2) is 48.5 Å². The number of anilines is 1. The standard InChI is InChI=1S/C21H25NO5/c1-14(2)13-26-21(24)15(3)27-17-11-9-16(10-12-17)20(23)22-18-7-5-6-8-19(18)25-4/h5-12,14-15H,13H2,1-4H3,(H,22,23). The number of esters is 1.